The lowest BCUT2D eigenvalue weighted by atomic mass is 10.2. The van der Waals surface area contributed by atoms with Crippen LogP contribution in [0.1, 0.15) is 18.9 Å². The van der Waals surface area contributed by atoms with E-state index in [4.69, 9.17) is 4.99 Å². The van der Waals surface area contributed by atoms with Gasteiger partial charge < -0.3 is 4.57 Å². The Kier molecular flexibility index (Phi) is 3.72. The van der Waals surface area contributed by atoms with E-state index in [1.807, 2.05) is 18.2 Å². The largest absolute Gasteiger partial charge is 0.313 e. The molecule has 0 unspecified atom stereocenters. The Labute approximate surface area is 141 Å². The van der Waals surface area contributed by atoms with Crippen LogP contribution in [0.3, 0.4) is 0 Å². The third kappa shape index (κ3) is 2.81. The Hall–Kier alpha value is -1.65. The summed E-state index contributed by atoms with van der Waals surface area (Å²) in [6.45, 7) is 0. The van der Waals surface area contributed by atoms with Crippen molar-refractivity contribution in [3.63, 3.8) is 0 Å². The predicted octanol–water partition coefficient (Wildman–Crippen LogP) is 5.55. The van der Waals surface area contributed by atoms with E-state index in [0.29, 0.717) is 6.04 Å². The number of nitrogens with zero attached hydrogens (tertiary/aromatic N) is 2. The van der Waals surface area contributed by atoms with Crippen molar-refractivity contribution >= 4 is 33.0 Å². The summed E-state index contributed by atoms with van der Waals surface area (Å²) in [5.41, 5.74) is 3.54. The zero-order valence-electron chi connectivity index (χ0n) is 11.9. The third-order valence-electron chi connectivity index (χ3n) is 3.77. The summed E-state index contributed by atoms with van der Waals surface area (Å²) in [7, 11) is 0. The fourth-order valence-electron chi connectivity index (χ4n) is 2.53. The summed E-state index contributed by atoms with van der Waals surface area (Å²) >= 11 is 5.23. The van der Waals surface area contributed by atoms with Crippen molar-refractivity contribution in [2.24, 2.45) is 4.99 Å². The van der Waals surface area contributed by atoms with Gasteiger partial charge in [0.25, 0.3) is 0 Å². The molecule has 0 radical (unpaired) electrons. The van der Waals surface area contributed by atoms with Crippen molar-refractivity contribution < 1.29 is 0 Å². The van der Waals surface area contributed by atoms with Crippen LogP contribution in [-0.4, -0.2) is 4.57 Å². The Morgan fingerprint density at radius 1 is 1.00 bits per heavy atom. The van der Waals surface area contributed by atoms with E-state index in [0.717, 1.165) is 15.0 Å². The van der Waals surface area contributed by atoms with E-state index in [-0.39, 0.29) is 0 Å². The molecule has 4 heteroatoms. The molecule has 1 aromatic heterocycles. The van der Waals surface area contributed by atoms with Gasteiger partial charge in [0.2, 0.25) is 0 Å². The summed E-state index contributed by atoms with van der Waals surface area (Å²) in [4.78, 5) is 5.93. The van der Waals surface area contributed by atoms with Gasteiger partial charge in [-0.1, -0.05) is 46.3 Å². The van der Waals surface area contributed by atoms with Crippen LogP contribution in [0.15, 0.2) is 69.4 Å². The van der Waals surface area contributed by atoms with Gasteiger partial charge in [-0.05, 0) is 42.7 Å². The quantitative estimate of drug-likeness (QED) is 0.575. The molecule has 1 heterocycles. The lowest BCUT2D eigenvalue weighted by Gasteiger charge is -2.07. The lowest BCUT2D eigenvalue weighted by molar-refractivity contribution is 0.725. The normalized spacial score (nSPS) is 15.2. The molecule has 0 atom stereocenters. The summed E-state index contributed by atoms with van der Waals surface area (Å²) < 4.78 is 3.51. The molecule has 1 saturated carbocycles. The number of benzene rings is 2. The molecule has 0 spiro atoms. The number of hydrogen-bond donors (Lipinski definition) is 0. The van der Waals surface area contributed by atoms with Crippen molar-refractivity contribution in [1.29, 1.82) is 0 Å². The van der Waals surface area contributed by atoms with Crippen LogP contribution >= 0.6 is 27.3 Å². The standard InChI is InChI=1S/C18H15BrN2S/c19-14-8-6-13(7-9-14)17-12-22-18(21(17)16-10-11-16)20-15-4-2-1-3-5-15/h1-9,12,16H,10-11H2. The van der Waals surface area contributed by atoms with Crippen molar-refractivity contribution in [3.8, 4) is 11.3 Å². The fraction of sp³-hybridized carbons (Fsp3) is 0.167. The number of aromatic nitrogens is 1. The summed E-state index contributed by atoms with van der Waals surface area (Å²) in [5, 5.41) is 2.23. The highest BCUT2D eigenvalue weighted by atomic mass is 79.9. The maximum absolute atomic E-state index is 4.84. The van der Waals surface area contributed by atoms with E-state index in [9.17, 15) is 0 Å². The first-order valence-corrected chi connectivity index (χ1v) is 9.04. The van der Waals surface area contributed by atoms with Gasteiger partial charge in [-0.3, -0.25) is 0 Å². The molecule has 1 aliphatic carbocycles. The molecule has 4 rings (SSSR count). The van der Waals surface area contributed by atoms with Crippen LogP contribution in [-0.2, 0) is 0 Å². The van der Waals surface area contributed by atoms with Gasteiger partial charge in [0, 0.05) is 15.9 Å². The molecular formula is C18H15BrN2S. The monoisotopic (exact) mass is 370 g/mol. The zero-order chi connectivity index (χ0) is 14.9. The van der Waals surface area contributed by atoms with E-state index >= 15 is 0 Å². The second-order valence-electron chi connectivity index (χ2n) is 5.46. The van der Waals surface area contributed by atoms with Crippen LogP contribution in [0.4, 0.5) is 5.69 Å². The lowest BCUT2D eigenvalue weighted by Crippen LogP contribution is -2.14. The van der Waals surface area contributed by atoms with Gasteiger partial charge in [0.05, 0.1) is 11.4 Å². The second-order valence-corrected chi connectivity index (χ2v) is 7.21. The van der Waals surface area contributed by atoms with Gasteiger partial charge in [-0.15, -0.1) is 11.3 Å². The minimum Gasteiger partial charge on any atom is -0.313 e. The van der Waals surface area contributed by atoms with Crippen LogP contribution in [0.2, 0.25) is 0 Å². The average Bonchev–Trinajstić information content (AvgIpc) is 3.30. The van der Waals surface area contributed by atoms with E-state index in [1.54, 1.807) is 11.3 Å². The number of rotatable bonds is 3. The number of para-hydroxylation sites is 1. The maximum atomic E-state index is 4.84. The summed E-state index contributed by atoms with van der Waals surface area (Å²) in [6, 6.07) is 19.3. The number of halogens is 1. The van der Waals surface area contributed by atoms with Gasteiger partial charge in [0.15, 0.2) is 4.80 Å². The van der Waals surface area contributed by atoms with Crippen LogP contribution in [0.5, 0.6) is 0 Å². The van der Waals surface area contributed by atoms with Crippen molar-refractivity contribution in [1.82, 2.24) is 4.57 Å². The second kappa shape index (κ2) is 5.86. The zero-order valence-corrected chi connectivity index (χ0v) is 14.3. The molecule has 3 aromatic rings. The minimum atomic E-state index is 0.604. The first-order chi connectivity index (χ1) is 10.8. The van der Waals surface area contributed by atoms with Gasteiger partial charge in [-0.2, -0.15) is 0 Å². The molecule has 110 valence electrons. The average molecular weight is 371 g/mol. The molecule has 2 nitrogen and oxygen atoms in total. The first-order valence-electron chi connectivity index (χ1n) is 7.37. The molecule has 0 aliphatic heterocycles. The molecule has 1 aliphatic rings. The minimum absolute atomic E-state index is 0.604. The van der Waals surface area contributed by atoms with Crippen LogP contribution < -0.4 is 4.80 Å². The topological polar surface area (TPSA) is 17.3 Å². The molecule has 0 N–H and O–H groups in total. The smallest absolute Gasteiger partial charge is 0.190 e. The molecule has 0 saturated heterocycles. The SMILES string of the molecule is Brc1ccc(-c2csc(=Nc3ccccc3)n2C2CC2)cc1. The highest BCUT2D eigenvalue weighted by Crippen LogP contribution is 2.38. The molecule has 0 amide bonds. The van der Waals surface area contributed by atoms with Gasteiger partial charge >= 0.3 is 0 Å². The van der Waals surface area contributed by atoms with E-state index in [1.165, 1.54) is 24.1 Å². The molecule has 1 fully saturated rings. The number of hydrogen-bond acceptors (Lipinski definition) is 2. The van der Waals surface area contributed by atoms with E-state index in [2.05, 4.69) is 62.3 Å². The molecule has 0 bridgehead atoms. The summed E-state index contributed by atoms with van der Waals surface area (Å²) in [6.07, 6.45) is 2.50. The fourth-order valence-corrected chi connectivity index (χ4v) is 3.78. The highest BCUT2D eigenvalue weighted by Gasteiger charge is 2.27. The highest BCUT2D eigenvalue weighted by molar-refractivity contribution is 9.10. The Morgan fingerprint density at radius 3 is 2.41 bits per heavy atom. The van der Waals surface area contributed by atoms with Gasteiger partial charge in [0.1, 0.15) is 0 Å². The number of thiazole rings is 1. The van der Waals surface area contributed by atoms with Crippen molar-refractivity contribution in [3.05, 3.63) is 69.3 Å². The van der Waals surface area contributed by atoms with Crippen LogP contribution in [0, 0.1) is 0 Å². The predicted molar refractivity (Wildman–Crippen MR) is 95.4 cm³/mol. The molecular weight excluding hydrogens is 356 g/mol. The maximum Gasteiger partial charge on any atom is 0.190 e. The van der Waals surface area contributed by atoms with E-state index < -0.39 is 0 Å². The summed E-state index contributed by atoms with van der Waals surface area (Å²) in [5.74, 6) is 0. The van der Waals surface area contributed by atoms with Crippen molar-refractivity contribution in [2.45, 2.75) is 18.9 Å². The van der Waals surface area contributed by atoms with Crippen LogP contribution in [0.25, 0.3) is 11.3 Å². The third-order valence-corrected chi connectivity index (χ3v) is 5.14. The first kappa shape index (κ1) is 14.0. The van der Waals surface area contributed by atoms with Gasteiger partial charge in [-0.25, -0.2) is 4.99 Å². The Bertz CT molecular complexity index is 843. The Morgan fingerprint density at radius 2 is 1.73 bits per heavy atom. The molecule has 2 aromatic carbocycles. The molecule has 22 heavy (non-hydrogen) atoms. The Balaban J connectivity index is 1.84. The van der Waals surface area contributed by atoms with Crippen molar-refractivity contribution in [2.75, 3.05) is 0 Å².